The average molecular weight is 437 g/mol. The number of benzene rings is 2. The van der Waals surface area contributed by atoms with Crippen molar-refractivity contribution in [3.8, 4) is 0 Å². The van der Waals surface area contributed by atoms with Crippen LogP contribution < -0.4 is 5.63 Å². The Labute approximate surface area is 157 Å². The Kier molecular flexibility index (Phi) is 4.97. The lowest BCUT2D eigenvalue weighted by Gasteiger charge is -2.08. The van der Waals surface area contributed by atoms with Gasteiger partial charge in [-0.25, -0.2) is 18.0 Å². The smallest absolute Gasteiger partial charge is 0.338 e. The van der Waals surface area contributed by atoms with Gasteiger partial charge < -0.3 is 9.15 Å². The van der Waals surface area contributed by atoms with E-state index >= 15 is 0 Å². The summed E-state index contributed by atoms with van der Waals surface area (Å²) >= 11 is 3.30. The first-order chi connectivity index (χ1) is 12.2. The third kappa shape index (κ3) is 4.03. The summed E-state index contributed by atoms with van der Waals surface area (Å²) < 4.78 is 34.0. The first-order valence-corrected chi connectivity index (χ1v) is 10.1. The highest BCUT2D eigenvalue weighted by Crippen LogP contribution is 2.22. The van der Waals surface area contributed by atoms with E-state index < -0.39 is 21.4 Å². The molecule has 0 aliphatic carbocycles. The number of carbonyl (C=O) groups excluding carboxylic acids is 1. The molecule has 0 N–H and O–H groups in total. The fourth-order valence-electron chi connectivity index (χ4n) is 2.39. The molecule has 0 amide bonds. The van der Waals surface area contributed by atoms with Crippen molar-refractivity contribution in [3.05, 3.63) is 74.6 Å². The van der Waals surface area contributed by atoms with Crippen LogP contribution in [0.25, 0.3) is 11.0 Å². The maximum Gasteiger partial charge on any atom is 0.338 e. The van der Waals surface area contributed by atoms with Gasteiger partial charge in [-0.3, -0.25) is 0 Å². The predicted octanol–water partition coefficient (Wildman–Crippen LogP) is 3.32. The molecule has 0 fully saturated rings. The second kappa shape index (κ2) is 7.05. The number of esters is 1. The fourth-order valence-corrected chi connectivity index (χ4v) is 3.36. The average Bonchev–Trinajstić information content (AvgIpc) is 2.58. The maximum absolute atomic E-state index is 12.2. The number of rotatable bonds is 4. The van der Waals surface area contributed by atoms with Crippen LogP contribution in [0.4, 0.5) is 0 Å². The van der Waals surface area contributed by atoms with Crippen molar-refractivity contribution in [3.63, 3.8) is 0 Å². The van der Waals surface area contributed by atoms with Gasteiger partial charge in [0.25, 0.3) is 0 Å². The first kappa shape index (κ1) is 18.3. The van der Waals surface area contributed by atoms with Gasteiger partial charge >= 0.3 is 11.6 Å². The van der Waals surface area contributed by atoms with Gasteiger partial charge in [0, 0.05) is 27.7 Å². The molecule has 6 nitrogen and oxygen atoms in total. The minimum Gasteiger partial charge on any atom is -0.457 e. The van der Waals surface area contributed by atoms with E-state index in [-0.39, 0.29) is 17.1 Å². The molecule has 3 rings (SSSR count). The zero-order chi connectivity index (χ0) is 18.9. The van der Waals surface area contributed by atoms with Crippen LogP contribution in [-0.4, -0.2) is 20.6 Å². The van der Waals surface area contributed by atoms with Crippen molar-refractivity contribution < 1.29 is 22.4 Å². The molecule has 0 atom stereocenters. The van der Waals surface area contributed by atoms with Gasteiger partial charge in [0.2, 0.25) is 0 Å². The molecule has 0 spiro atoms. The highest BCUT2D eigenvalue weighted by atomic mass is 79.9. The van der Waals surface area contributed by atoms with E-state index in [1.54, 1.807) is 18.2 Å². The van der Waals surface area contributed by atoms with Gasteiger partial charge in [0.1, 0.15) is 12.2 Å². The lowest BCUT2D eigenvalue weighted by molar-refractivity contribution is 0.0473. The van der Waals surface area contributed by atoms with E-state index in [2.05, 4.69) is 15.9 Å². The zero-order valence-electron chi connectivity index (χ0n) is 13.6. The van der Waals surface area contributed by atoms with Crippen LogP contribution in [-0.2, 0) is 21.2 Å². The van der Waals surface area contributed by atoms with Gasteiger partial charge in [-0.2, -0.15) is 0 Å². The van der Waals surface area contributed by atoms with Gasteiger partial charge in [-0.05, 0) is 42.5 Å². The fraction of sp³-hybridized carbons (Fsp3) is 0.111. The molecule has 1 heterocycles. The van der Waals surface area contributed by atoms with Crippen LogP contribution in [0.3, 0.4) is 0 Å². The van der Waals surface area contributed by atoms with Crippen molar-refractivity contribution in [2.24, 2.45) is 0 Å². The van der Waals surface area contributed by atoms with Crippen LogP contribution >= 0.6 is 15.9 Å². The summed E-state index contributed by atoms with van der Waals surface area (Å²) in [5, 5.41) is 0.660. The zero-order valence-corrected chi connectivity index (χ0v) is 16.0. The first-order valence-electron chi connectivity index (χ1n) is 7.43. The molecule has 0 unspecified atom stereocenters. The molecule has 3 aromatic rings. The number of hydrogen-bond acceptors (Lipinski definition) is 6. The topological polar surface area (TPSA) is 90.6 Å². The Balaban J connectivity index is 1.82. The Bertz CT molecular complexity index is 1150. The summed E-state index contributed by atoms with van der Waals surface area (Å²) in [6.07, 6.45) is 1.09. The minimum absolute atomic E-state index is 0.115. The lowest BCUT2D eigenvalue weighted by atomic mass is 10.1. The lowest BCUT2D eigenvalue weighted by Crippen LogP contribution is -2.08. The molecular formula is C18H13BrO6S. The Morgan fingerprint density at radius 3 is 2.46 bits per heavy atom. The number of hydrogen-bond donors (Lipinski definition) is 0. The standard InChI is InChI=1S/C18H13BrO6S/c1-26(22,23)14-5-2-11(3-6-14)18(21)24-10-12-8-17(20)25-16-9-13(19)4-7-15(12)16/h2-9H,10H2,1H3. The normalized spacial score (nSPS) is 11.5. The number of ether oxygens (including phenoxy) is 1. The number of sulfone groups is 1. The Hall–Kier alpha value is -2.45. The number of fused-ring (bicyclic) bond motifs is 1. The van der Waals surface area contributed by atoms with Crippen LogP contribution in [0.5, 0.6) is 0 Å². The SMILES string of the molecule is CS(=O)(=O)c1ccc(C(=O)OCc2cc(=O)oc3cc(Br)ccc23)cc1. The van der Waals surface area contributed by atoms with Crippen molar-refractivity contribution in [2.45, 2.75) is 11.5 Å². The molecule has 8 heteroatoms. The molecule has 2 aromatic carbocycles. The van der Waals surface area contributed by atoms with Crippen molar-refractivity contribution in [1.82, 2.24) is 0 Å². The molecule has 0 bridgehead atoms. The summed E-state index contributed by atoms with van der Waals surface area (Å²) in [7, 11) is -3.33. The van der Waals surface area contributed by atoms with Gasteiger partial charge in [-0.1, -0.05) is 15.9 Å². The van der Waals surface area contributed by atoms with E-state index in [0.717, 1.165) is 10.7 Å². The van der Waals surface area contributed by atoms with Crippen LogP contribution in [0.2, 0.25) is 0 Å². The Morgan fingerprint density at radius 2 is 1.81 bits per heavy atom. The van der Waals surface area contributed by atoms with E-state index in [4.69, 9.17) is 9.15 Å². The van der Waals surface area contributed by atoms with E-state index in [9.17, 15) is 18.0 Å². The molecule has 0 radical (unpaired) electrons. The molecule has 0 aliphatic heterocycles. The van der Waals surface area contributed by atoms with E-state index in [1.165, 1.54) is 30.3 Å². The van der Waals surface area contributed by atoms with Gasteiger partial charge in [0.15, 0.2) is 9.84 Å². The molecule has 26 heavy (non-hydrogen) atoms. The molecule has 0 saturated heterocycles. The highest BCUT2D eigenvalue weighted by molar-refractivity contribution is 9.10. The highest BCUT2D eigenvalue weighted by Gasteiger charge is 2.13. The summed E-state index contributed by atoms with van der Waals surface area (Å²) in [5.74, 6) is -0.622. The molecular weight excluding hydrogens is 424 g/mol. The van der Waals surface area contributed by atoms with Gasteiger partial charge in [-0.15, -0.1) is 0 Å². The van der Waals surface area contributed by atoms with E-state index in [1.807, 2.05) is 0 Å². The summed E-state index contributed by atoms with van der Waals surface area (Å²) in [6, 6.07) is 11.9. The quantitative estimate of drug-likeness (QED) is 0.460. The molecule has 134 valence electrons. The third-order valence-corrected chi connectivity index (χ3v) is 5.29. The van der Waals surface area contributed by atoms with Crippen molar-refractivity contribution >= 4 is 42.7 Å². The van der Waals surface area contributed by atoms with Gasteiger partial charge in [0.05, 0.1) is 10.5 Å². The van der Waals surface area contributed by atoms with E-state index in [0.29, 0.717) is 16.5 Å². The monoisotopic (exact) mass is 436 g/mol. The second-order valence-electron chi connectivity index (χ2n) is 5.60. The minimum atomic E-state index is -3.33. The van der Waals surface area contributed by atoms with Crippen molar-refractivity contribution in [2.75, 3.05) is 6.26 Å². The molecule has 1 aromatic heterocycles. The summed E-state index contributed by atoms with van der Waals surface area (Å²) in [6.45, 7) is -0.115. The summed E-state index contributed by atoms with van der Waals surface area (Å²) in [4.78, 5) is 24.0. The number of carbonyl (C=O) groups is 1. The van der Waals surface area contributed by atoms with Crippen LogP contribution in [0.1, 0.15) is 15.9 Å². The predicted molar refractivity (Wildman–Crippen MR) is 98.9 cm³/mol. The third-order valence-electron chi connectivity index (χ3n) is 3.67. The Morgan fingerprint density at radius 1 is 1.12 bits per heavy atom. The maximum atomic E-state index is 12.2. The second-order valence-corrected chi connectivity index (χ2v) is 8.54. The molecule has 0 saturated carbocycles. The largest absolute Gasteiger partial charge is 0.457 e. The van der Waals surface area contributed by atoms with Crippen molar-refractivity contribution in [1.29, 1.82) is 0 Å². The van der Waals surface area contributed by atoms with Crippen LogP contribution in [0.15, 0.2) is 67.1 Å². The summed E-state index contributed by atoms with van der Waals surface area (Å²) in [5.41, 5.74) is 0.576. The number of halogens is 1. The van der Waals surface area contributed by atoms with Crippen LogP contribution in [0, 0.1) is 0 Å². The molecule has 0 aliphatic rings.